The van der Waals surface area contributed by atoms with Crippen molar-refractivity contribution >= 4 is 0 Å². The van der Waals surface area contributed by atoms with Crippen LogP contribution < -0.4 is 5.73 Å². The van der Waals surface area contributed by atoms with E-state index < -0.39 is 5.60 Å². The van der Waals surface area contributed by atoms with Crippen molar-refractivity contribution < 1.29 is 9.26 Å². The number of nitrogens with two attached hydrogens (primary N) is 1. The van der Waals surface area contributed by atoms with Crippen molar-refractivity contribution in [3.05, 3.63) is 11.7 Å². The number of hydrogen-bond donors (Lipinski definition) is 1. The Kier molecular flexibility index (Phi) is 4.54. The van der Waals surface area contributed by atoms with E-state index in [9.17, 15) is 0 Å². The number of ether oxygens (including phenoxy) is 1. The van der Waals surface area contributed by atoms with Crippen LogP contribution in [0.5, 0.6) is 0 Å². The molecule has 0 aromatic carbocycles. The van der Waals surface area contributed by atoms with E-state index >= 15 is 0 Å². The number of piperidine rings is 1. The van der Waals surface area contributed by atoms with Crippen molar-refractivity contribution in [2.75, 3.05) is 26.7 Å². The van der Waals surface area contributed by atoms with Crippen molar-refractivity contribution in [3.63, 3.8) is 0 Å². The van der Waals surface area contributed by atoms with Crippen LogP contribution in [0.4, 0.5) is 0 Å². The monoisotopic (exact) mass is 268 g/mol. The summed E-state index contributed by atoms with van der Waals surface area (Å²) in [5.74, 6) is 1.03. The molecule has 108 valence electrons. The number of methoxy groups -OCH3 is 1. The van der Waals surface area contributed by atoms with E-state index in [-0.39, 0.29) is 6.04 Å². The molecule has 1 fully saturated rings. The summed E-state index contributed by atoms with van der Waals surface area (Å²) in [6.45, 7) is 6.79. The summed E-state index contributed by atoms with van der Waals surface area (Å²) in [6.07, 6.45) is 3.82. The smallest absolute Gasteiger partial charge is 0.258 e. The van der Waals surface area contributed by atoms with Crippen LogP contribution in [0.1, 0.15) is 50.9 Å². The summed E-state index contributed by atoms with van der Waals surface area (Å²) in [5.41, 5.74) is 5.58. The fourth-order valence-electron chi connectivity index (χ4n) is 2.22. The van der Waals surface area contributed by atoms with E-state index in [0.717, 1.165) is 19.6 Å². The zero-order valence-corrected chi connectivity index (χ0v) is 12.1. The molecule has 1 saturated heterocycles. The normalized spacial score (nSPS) is 19.6. The van der Waals surface area contributed by atoms with Gasteiger partial charge in [-0.25, -0.2) is 0 Å². The average Bonchev–Trinajstić information content (AvgIpc) is 2.90. The van der Waals surface area contributed by atoms with Crippen LogP contribution in [0, 0.1) is 0 Å². The number of likely N-dealkylation sites (tertiary alicyclic amines) is 1. The summed E-state index contributed by atoms with van der Waals surface area (Å²) in [7, 11) is 1.62. The van der Waals surface area contributed by atoms with Gasteiger partial charge in [-0.3, -0.25) is 0 Å². The highest BCUT2D eigenvalue weighted by Crippen LogP contribution is 2.23. The Morgan fingerprint density at radius 3 is 2.68 bits per heavy atom. The number of aromatic nitrogens is 2. The minimum Gasteiger partial charge on any atom is -0.369 e. The minimum absolute atomic E-state index is 0.205. The first kappa shape index (κ1) is 14.4. The van der Waals surface area contributed by atoms with E-state index in [1.165, 1.54) is 19.3 Å². The lowest BCUT2D eigenvalue weighted by Crippen LogP contribution is -2.36. The third kappa shape index (κ3) is 3.52. The van der Waals surface area contributed by atoms with E-state index in [2.05, 4.69) is 15.0 Å². The second-order valence-electron chi connectivity index (χ2n) is 5.64. The molecule has 0 bridgehead atoms. The molecule has 0 radical (unpaired) electrons. The maximum absolute atomic E-state index is 6.16. The van der Waals surface area contributed by atoms with Gasteiger partial charge in [0.1, 0.15) is 5.60 Å². The van der Waals surface area contributed by atoms with Crippen molar-refractivity contribution in [2.45, 2.75) is 44.8 Å². The summed E-state index contributed by atoms with van der Waals surface area (Å²) in [4.78, 5) is 6.73. The molecule has 6 heteroatoms. The molecule has 1 aromatic rings. The topological polar surface area (TPSA) is 77.4 Å². The van der Waals surface area contributed by atoms with Gasteiger partial charge < -0.3 is 19.9 Å². The molecule has 2 N–H and O–H groups in total. The molecule has 2 heterocycles. The Balaban J connectivity index is 1.97. The Bertz CT molecular complexity index is 399. The molecule has 1 aliphatic heterocycles. The summed E-state index contributed by atoms with van der Waals surface area (Å²) in [5, 5.41) is 3.98. The number of nitrogens with zero attached hydrogens (tertiary/aromatic N) is 3. The first-order chi connectivity index (χ1) is 9.03. The van der Waals surface area contributed by atoms with E-state index in [4.69, 9.17) is 15.0 Å². The Labute approximate surface area is 114 Å². The lowest BCUT2D eigenvalue weighted by Gasteiger charge is -2.27. The SMILES string of the molecule is COC(C)(C)c1nc(C(N)CN2CCCCC2)no1. The van der Waals surface area contributed by atoms with Gasteiger partial charge >= 0.3 is 0 Å². The van der Waals surface area contributed by atoms with Gasteiger partial charge in [0.2, 0.25) is 0 Å². The first-order valence-electron chi connectivity index (χ1n) is 6.90. The molecular weight excluding hydrogens is 244 g/mol. The second kappa shape index (κ2) is 5.98. The van der Waals surface area contributed by atoms with Crippen LogP contribution >= 0.6 is 0 Å². The molecule has 0 amide bonds. The van der Waals surface area contributed by atoms with Crippen molar-refractivity contribution in [3.8, 4) is 0 Å². The quantitative estimate of drug-likeness (QED) is 0.870. The molecule has 0 spiro atoms. The van der Waals surface area contributed by atoms with E-state index in [1.807, 2.05) is 13.8 Å². The standard InChI is InChI=1S/C13H24N4O2/c1-13(2,18-3)12-15-11(16-19-12)10(14)9-17-7-5-4-6-8-17/h10H,4-9,14H2,1-3H3. The Morgan fingerprint density at radius 2 is 2.05 bits per heavy atom. The molecule has 6 nitrogen and oxygen atoms in total. The summed E-state index contributed by atoms with van der Waals surface area (Å²) < 4.78 is 10.6. The van der Waals surface area contributed by atoms with E-state index in [0.29, 0.717) is 11.7 Å². The predicted molar refractivity (Wildman–Crippen MR) is 71.6 cm³/mol. The van der Waals surface area contributed by atoms with Gasteiger partial charge in [0, 0.05) is 13.7 Å². The molecule has 0 saturated carbocycles. The van der Waals surface area contributed by atoms with Crippen LogP contribution in [0.15, 0.2) is 4.52 Å². The minimum atomic E-state index is -0.573. The highest BCUT2D eigenvalue weighted by molar-refractivity contribution is 4.99. The summed E-state index contributed by atoms with van der Waals surface area (Å²) in [6, 6.07) is -0.205. The highest BCUT2D eigenvalue weighted by Gasteiger charge is 2.28. The van der Waals surface area contributed by atoms with Crippen LogP contribution in [0.25, 0.3) is 0 Å². The predicted octanol–water partition coefficient (Wildman–Crippen LogP) is 1.44. The highest BCUT2D eigenvalue weighted by atomic mass is 16.5. The molecule has 1 atom stereocenters. The molecule has 1 unspecified atom stereocenters. The fourth-order valence-corrected chi connectivity index (χ4v) is 2.22. The van der Waals surface area contributed by atoms with Gasteiger partial charge in [-0.05, 0) is 39.8 Å². The third-order valence-electron chi connectivity index (χ3n) is 3.70. The van der Waals surface area contributed by atoms with Crippen molar-refractivity contribution in [1.82, 2.24) is 15.0 Å². The first-order valence-corrected chi connectivity index (χ1v) is 6.90. The Hall–Kier alpha value is -0.980. The van der Waals surface area contributed by atoms with Crippen LogP contribution in [-0.4, -0.2) is 41.8 Å². The molecule has 1 aromatic heterocycles. The molecular formula is C13H24N4O2. The van der Waals surface area contributed by atoms with Gasteiger partial charge in [0.25, 0.3) is 5.89 Å². The lowest BCUT2D eigenvalue weighted by molar-refractivity contribution is -0.00786. The molecule has 19 heavy (non-hydrogen) atoms. The van der Waals surface area contributed by atoms with Gasteiger partial charge in [-0.15, -0.1) is 0 Å². The van der Waals surface area contributed by atoms with Crippen LogP contribution in [-0.2, 0) is 10.3 Å². The van der Waals surface area contributed by atoms with E-state index in [1.54, 1.807) is 7.11 Å². The summed E-state index contributed by atoms with van der Waals surface area (Å²) >= 11 is 0. The maximum Gasteiger partial charge on any atom is 0.258 e. The van der Waals surface area contributed by atoms with Gasteiger partial charge in [0.05, 0.1) is 6.04 Å². The van der Waals surface area contributed by atoms with Crippen molar-refractivity contribution in [2.24, 2.45) is 5.73 Å². The van der Waals surface area contributed by atoms with Gasteiger partial charge in [0.15, 0.2) is 5.82 Å². The van der Waals surface area contributed by atoms with Crippen LogP contribution in [0.3, 0.4) is 0 Å². The zero-order valence-electron chi connectivity index (χ0n) is 12.1. The lowest BCUT2D eigenvalue weighted by atomic mass is 10.1. The fraction of sp³-hybridized carbons (Fsp3) is 0.846. The van der Waals surface area contributed by atoms with Gasteiger partial charge in [-0.1, -0.05) is 11.6 Å². The third-order valence-corrected chi connectivity index (χ3v) is 3.70. The molecule has 0 aliphatic carbocycles. The zero-order chi connectivity index (χ0) is 13.9. The second-order valence-corrected chi connectivity index (χ2v) is 5.64. The molecule has 1 aliphatic rings. The van der Waals surface area contributed by atoms with Crippen LogP contribution in [0.2, 0.25) is 0 Å². The van der Waals surface area contributed by atoms with Gasteiger partial charge in [-0.2, -0.15) is 4.98 Å². The van der Waals surface area contributed by atoms with Crippen molar-refractivity contribution in [1.29, 1.82) is 0 Å². The Morgan fingerprint density at radius 1 is 1.37 bits per heavy atom. The maximum atomic E-state index is 6.16. The molecule has 2 rings (SSSR count). The number of rotatable bonds is 5. The number of hydrogen-bond acceptors (Lipinski definition) is 6. The average molecular weight is 268 g/mol. The largest absolute Gasteiger partial charge is 0.369 e.